The van der Waals surface area contributed by atoms with Crippen molar-refractivity contribution < 1.29 is 19.2 Å². The van der Waals surface area contributed by atoms with E-state index in [2.05, 4.69) is 5.32 Å². The molecule has 0 atom stereocenters. The zero-order valence-corrected chi connectivity index (χ0v) is 13.8. The van der Waals surface area contributed by atoms with E-state index in [-0.39, 0.29) is 17.1 Å². The minimum Gasteiger partial charge on any atom is -0.490 e. The lowest BCUT2D eigenvalue weighted by molar-refractivity contribution is -0.385. The van der Waals surface area contributed by atoms with Gasteiger partial charge in [-0.15, -0.1) is 0 Å². The molecular weight excluding hydrogens is 340 g/mol. The summed E-state index contributed by atoms with van der Waals surface area (Å²) >= 11 is 0. The van der Waals surface area contributed by atoms with Crippen molar-refractivity contribution in [2.45, 2.75) is 0 Å². The van der Waals surface area contributed by atoms with Gasteiger partial charge in [-0.2, -0.15) is 0 Å². The third-order valence-electron chi connectivity index (χ3n) is 3.37. The van der Waals surface area contributed by atoms with Crippen LogP contribution in [0.4, 0.5) is 5.69 Å². The lowest BCUT2D eigenvalue weighted by Gasteiger charge is -2.09. The second-order valence-corrected chi connectivity index (χ2v) is 5.04. The number of hydrazine groups is 1. The van der Waals surface area contributed by atoms with Crippen molar-refractivity contribution in [3.05, 3.63) is 75.5 Å². The normalized spacial score (nSPS) is 10.8. The van der Waals surface area contributed by atoms with Gasteiger partial charge in [0.2, 0.25) is 0 Å². The zero-order valence-electron chi connectivity index (χ0n) is 13.8. The van der Waals surface area contributed by atoms with E-state index >= 15 is 0 Å². The average molecular weight is 356 g/mol. The topological polar surface area (TPSA) is 137 Å². The van der Waals surface area contributed by atoms with Gasteiger partial charge in [0.25, 0.3) is 11.8 Å². The molecule has 0 heterocycles. The number of nitro groups is 1. The maximum Gasteiger partial charge on any atom is 0.311 e. The number of nitrogens with zero attached hydrogens (tertiary/aromatic N) is 1. The molecule has 0 bridgehead atoms. The average Bonchev–Trinajstić information content (AvgIpc) is 2.67. The van der Waals surface area contributed by atoms with Crippen LogP contribution in [0.15, 0.2) is 54.2 Å². The van der Waals surface area contributed by atoms with Gasteiger partial charge >= 0.3 is 5.69 Å². The van der Waals surface area contributed by atoms with Gasteiger partial charge in [-0.1, -0.05) is 24.3 Å². The molecule has 9 nitrogen and oxygen atoms in total. The van der Waals surface area contributed by atoms with Crippen LogP contribution in [0.3, 0.4) is 0 Å². The van der Waals surface area contributed by atoms with Crippen molar-refractivity contribution in [3.8, 4) is 5.75 Å². The summed E-state index contributed by atoms with van der Waals surface area (Å²) in [6.07, 6.45) is 1.27. The van der Waals surface area contributed by atoms with E-state index < -0.39 is 16.7 Å². The van der Waals surface area contributed by atoms with Crippen molar-refractivity contribution in [3.63, 3.8) is 0 Å². The third kappa shape index (κ3) is 4.42. The minimum atomic E-state index is -0.757. The minimum absolute atomic E-state index is 0.0743. The molecule has 0 spiro atoms. The summed E-state index contributed by atoms with van der Waals surface area (Å²) in [6.45, 7) is 0. The fourth-order valence-electron chi connectivity index (χ4n) is 2.13. The number of amides is 2. The van der Waals surface area contributed by atoms with Gasteiger partial charge in [-0.25, -0.2) is 5.84 Å². The van der Waals surface area contributed by atoms with Crippen molar-refractivity contribution in [2.75, 3.05) is 7.11 Å². The van der Waals surface area contributed by atoms with Crippen LogP contribution in [-0.4, -0.2) is 23.8 Å². The molecule has 0 saturated carbocycles. The largest absolute Gasteiger partial charge is 0.490 e. The first-order chi connectivity index (χ1) is 12.5. The van der Waals surface area contributed by atoms with Crippen LogP contribution in [0, 0.1) is 10.1 Å². The van der Waals surface area contributed by atoms with Gasteiger partial charge < -0.3 is 10.1 Å². The number of hydrogen-bond donors (Lipinski definition) is 3. The van der Waals surface area contributed by atoms with Crippen LogP contribution in [-0.2, 0) is 4.79 Å². The number of nitro benzene ring substituents is 1. The number of nitrogens with one attached hydrogen (secondary N) is 2. The Morgan fingerprint density at radius 2 is 1.88 bits per heavy atom. The number of ether oxygens (including phenoxy) is 1. The molecule has 2 rings (SSSR count). The predicted octanol–water partition coefficient (Wildman–Crippen LogP) is 1.36. The van der Waals surface area contributed by atoms with Crippen molar-refractivity contribution in [2.24, 2.45) is 5.84 Å². The van der Waals surface area contributed by atoms with Crippen LogP contribution in [0.2, 0.25) is 0 Å². The van der Waals surface area contributed by atoms with E-state index in [0.717, 1.165) is 0 Å². The number of nitrogens with two attached hydrogens (primary N) is 1. The summed E-state index contributed by atoms with van der Waals surface area (Å²) in [5, 5.41) is 13.5. The summed E-state index contributed by atoms with van der Waals surface area (Å²) < 4.78 is 4.93. The first kappa shape index (κ1) is 18.6. The Balaban J connectivity index is 2.38. The van der Waals surface area contributed by atoms with Gasteiger partial charge in [0.1, 0.15) is 5.70 Å². The summed E-state index contributed by atoms with van der Waals surface area (Å²) in [5.74, 6) is 3.94. The lowest BCUT2D eigenvalue weighted by atomic mass is 10.1. The number of carbonyl (C=O) groups excluding carboxylic acids is 2. The number of methoxy groups -OCH3 is 1. The van der Waals surface area contributed by atoms with E-state index in [1.807, 2.05) is 5.43 Å². The smallest absolute Gasteiger partial charge is 0.311 e. The zero-order chi connectivity index (χ0) is 19.1. The van der Waals surface area contributed by atoms with Crippen molar-refractivity contribution in [1.82, 2.24) is 10.7 Å². The second kappa shape index (κ2) is 8.40. The standard InChI is InChI=1S/C17H16N4O5/c1-26-15-8-7-11(10-14(15)21(24)25)9-13(17(23)20-18)19-16(22)12-5-3-2-4-6-12/h2-10H,18H2,1H3,(H,19,22)(H,20,23)/b13-9+. The first-order valence-electron chi connectivity index (χ1n) is 7.37. The molecule has 0 aromatic heterocycles. The Kier molecular flexibility index (Phi) is 6.01. The van der Waals surface area contributed by atoms with Crippen LogP contribution >= 0.6 is 0 Å². The summed E-state index contributed by atoms with van der Waals surface area (Å²) in [4.78, 5) is 34.7. The highest BCUT2D eigenvalue weighted by molar-refractivity contribution is 6.05. The van der Waals surface area contributed by atoms with Crippen molar-refractivity contribution in [1.29, 1.82) is 0 Å². The van der Waals surface area contributed by atoms with Crippen LogP contribution in [0.25, 0.3) is 6.08 Å². The van der Waals surface area contributed by atoms with Gasteiger partial charge in [-0.3, -0.25) is 25.1 Å². The molecule has 0 aliphatic carbocycles. The molecule has 9 heteroatoms. The highest BCUT2D eigenvalue weighted by Gasteiger charge is 2.17. The van der Waals surface area contributed by atoms with E-state index in [9.17, 15) is 19.7 Å². The predicted molar refractivity (Wildman–Crippen MR) is 93.9 cm³/mol. The van der Waals surface area contributed by atoms with Crippen LogP contribution in [0.1, 0.15) is 15.9 Å². The van der Waals surface area contributed by atoms with Crippen LogP contribution in [0.5, 0.6) is 5.75 Å². The number of hydrogen-bond acceptors (Lipinski definition) is 6. The molecule has 0 unspecified atom stereocenters. The highest BCUT2D eigenvalue weighted by Crippen LogP contribution is 2.28. The van der Waals surface area contributed by atoms with Gasteiger partial charge in [0.05, 0.1) is 12.0 Å². The van der Waals surface area contributed by atoms with Crippen molar-refractivity contribution >= 4 is 23.6 Å². The third-order valence-corrected chi connectivity index (χ3v) is 3.37. The van der Waals surface area contributed by atoms with E-state index in [1.165, 1.54) is 31.4 Å². The van der Waals surface area contributed by atoms with E-state index in [1.54, 1.807) is 30.3 Å². The molecule has 134 valence electrons. The fourth-order valence-corrected chi connectivity index (χ4v) is 2.13. The maximum atomic E-state index is 12.2. The molecule has 2 aromatic carbocycles. The van der Waals surface area contributed by atoms with Gasteiger partial charge in [-0.05, 0) is 29.8 Å². The van der Waals surface area contributed by atoms with Gasteiger partial charge in [0.15, 0.2) is 5.75 Å². The van der Waals surface area contributed by atoms with E-state index in [4.69, 9.17) is 10.6 Å². The molecular formula is C17H16N4O5. The Morgan fingerprint density at radius 3 is 2.46 bits per heavy atom. The molecule has 0 aliphatic heterocycles. The number of carbonyl (C=O) groups is 2. The van der Waals surface area contributed by atoms with Gasteiger partial charge in [0, 0.05) is 11.6 Å². The Bertz CT molecular complexity index is 865. The molecule has 0 radical (unpaired) electrons. The highest BCUT2D eigenvalue weighted by atomic mass is 16.6. The van der Waals surface area contributed by atoms with Crippen LogP contribution < -0.4 is 21.3 Å². The molecule has 0 saturated heterocycles. The monoisotopic (exact) mass is 356 g/mol. The van der Waals surface area contributed by atoms with E-state index in [0.29, 0.717) is 11.1 Å². The number of benzene rings is 2. The Hall–Kier alpha value is -3.72. The summed E-state index contributed by atoms with van der Waals surface area (Å²) in [6, 6.07) is 12.4. The quantitative estimate of drug-likeness (QED) is 0.235. The molecule has 2 amide bonds. The molecule has 0 fully saturated rings. The first-order valence-corrected chi connectivity index (χ1v) is 7.37. The summed E-state index contributed by atoms with van der Waals surface area (Å²) in [7, 11) is 1.31. The number of rotatable bonds is 6. The Morgan fingerprint density at radius 1 is 1.19 bits per heavy atom. The molecule has 2 aromatic rings. The molecule has 4 N–H and O–H groups in total. The summed E-state index contributed by atoms with van der Waals surface area (Å²) in [5.41, 5.74) is 2.13. The maximum absolute atomic E-state index is 12.2. The molecule has 26 heavy (non-hydrogen) atoms. The molecule has 0 aliphatic rings. The lowest BCUT2D eigenvalue weighted by Crippen LogP contribution is -2.38. The second-order valence-electron chi connectivity index (χ2n) is 5.04. The SMILES string of the molecule is COc1ccc(/C=C(/NC(=O)c2ccccc2)C(=O)NN)cc1[N+](=O)[O-]. The fraction of sp³-hybridized carbons (Fsp3) is 0.0588. The Labute approximate surface area is 148 Å².